The molecule has 140 valence electrons. The maximum Gasteiger partial charge on any atom is 0.323 e. The average molecular weight is 366 g/mol. The molecule has 2 aromatic rings. The van der Waals surface area contributed by atoms with E-state index in [0.717, 1.165) is 22.4 Å². The van der Waals surface area contributed by atoms with Crippen LogP contribution >= 0.6 is 0 Å². The van der Waals surface area contributed by atoms with Gasteiger partial charge in [-0.15, -0.1) is 0 Å². The zero-order chi connectivity index (χ0) is 19.2. The predicted molar refractivity (Wildman–Crippen MR) is 102 cm³/mol. The third-order valence-electron chi connectivity index (χ3n) is 4.47. The Balaban J connectivity index is 1.71. The van der Waals surface area contributed by atoms with E-state index in [2.05, 4.69) is 10.6 Å². The lowest BCUT2D eigenvalue weighted by Crippen LogP contribution is -2.50. The van der Waals surface area contributed by atoms with Gasteiger partial charge >= 0.3 is 5.97 Å². The fourth-order valence-electron chi connectivity index (χ4n) is 3.06. The third kappa shape index (κ3) is 4.54. The highest BCUT2D eigenvalue weighted by Gasteiger charge is 2.31. The first-order valence-corrected chi connectivity index (χ1v) is 8.65. The monoisotopic (exact) mass is 366 g/mol. The summed E-state index contributed by atoms with van der Waals surface area (Å²) in [6, 6.07) is 14.6. The normalized spacial score (nSPS) is 18.6. The number of rotatable bonds is 5. The maximum atomic E-state index is 12.4. The molecule has 0 saturated carbocycles. The summed E-state index contributed by atoms with van der Waals surface area (Å²) in [4.78, 5) is 24.3. The fourth-order valence-corrected chi connectivity index (χ4v) is 3.06. The summed E-state index contributed by atoms with van der Waals surface area (Å²) in [5.41, 5.74) is 2.84. The van der Waals surface area contributed by atoms with E-state index in [0.29, 0.717) is 6.42 Å². The van der Waals surface area contributed by atoms with E-state index < -0.39 is 12.2 Å². The smallest absolute Gasteiger partial charge is 0.323 e. The maximum absolute atomic E-state index is 12.4. The predicted octanol–water partition coefficient (Wildman–Crippen LogP) is 2.21. The highest BCUT2D eigenvalue weighted by molar-refractivity contribution is 5.92. The Hall–Kier alpha value is -3.12. The molecule has 6 nitrogen and oxygen atoms in total. The lowest BCUT2D eigenvalue weighted by molar-refractivity contribution is -0.143. The van der Waals surface area contributed by atoms with Crippen molar-refractivity contribution >= 4 is 18.0 Å². The van der Waals surface area contributed by atoms with Gasteiger partial charge in [0.05, 0.1) is 14.2 Å². The molecule has 0 saturated heterocycles. The first-order valence-electron chi connectivity index (χ1n) is 8.65. The molecular weight excluding hydrogens is 344 g/mol. The molecule has 2 N–H and O–H groups in total. The van der Waals surface area contributed by atoms with Crippen molar-refractivity contribution in [3.05, 3.63) is 71.3 Å². The van der Waals surface area contributed by atoms with Crippen LogP contribution in [0.4, 0.5) is 0 Å². The highest BCUT2D eigenvalue weighted by Crippen LogP contribution is 2.24. The molecule has 2 atom stereocenters. The Morgan fingerprint density at radius 2 is 1.85 bits per heavy atom. The number of hydrogen-bond donors (Lipinski definition) is 2. The van der Waals surface area contributed by atoms with E-state index in [9.17, 15) is 9.59 Å². The van der Waals surface area contributed by atoms with Gasteiger partial charge in [-0.1, -0.05) is 36.4 Å². The molecule has 6 heteroatoms. The number of hydrogen-bond acceptors (Lipinski definition) is 5. The summed E-state index contributed by atoms with van der Waals surface area (Å²) >= 11 is 0. The molecule has 2 aromatic carbocycles. The molecule has 0 spiro atoms. The Morgan fingerprint density at radius 1 is 1.11 bits per heavy atom. The third-order valence-corrected chi connectivity index (χ3v) is 4.47. The van der Waals surface area contributed by atoms with Crippen LogP contribution in [0.15, 0.2) is 54.6 Å². The summed E-state index contributed by atoms with van der Waals surface area (Å²) in [5, 5.41) is 6.06. The number of carbonyl (C=O) groups is 2. The van der Waals surface area contributed by atoms with Crippen molar-refractivity contribution in [3.63, 3.8) is 0 Å². The molecule has 1 aliphatic rings. The van der Waals surface area contributed by atoms with Crippen LogP contribution in [-0.2, 0) is 20.7 Å². The zero-order valence-electron chi connectivity index (χ0n) is 15.3. The van der Waals surface area contributed by atoms with Gasteiger partial charge in [-0.3, -0.25) is 14.9 Å². The van der Waals surface area contributed by atoms with Gasteiger partial charge < -0.3 is 14.8 Å². The summed E-state index contributed by atoms with van der Waals surface area (Å²) in [5.74, 6) is 0.148. The molecule has 0 bridgehead atoms. The van der Waals surface area contributed by atoms with Gasteiger partial charge in [0.2, 0.25) is 5.91 Å². The van der Waals surface area contributed by atoms with Crippen LogP contribution < -0.4 is 15.4 Å². The van der Waals surface area contributed by atoms with Crippen molar-refractivity contribution in [2.24, 2.45) is 0 Å². The molecule has 27 heavy (non-hydrogen) atoms. The molecular formula is C21H22N2O4. The number of carbonyl (C=O) groups excluding carboxylic acids is 2. The van der Waals surface area contributed by atoms with Crippen LogP contribution in [0.2, 0.25) is 0 Å². The van der Waals surface area contributed by atoms with Gasteiger partial charge in [0.1, 0.15) is 18.0 Å². The van der Waals surface area contributed by atoms with E-state index in [1.165, 1.54) is 13.2 Å². The molecule has 1 aliphatic heterocycles. The van der Waals surface area contributed by atoms with E-state index in [1.54, 1.807) is 13.2 Å². The molecule has 0 aliphatic carbocycles. The number of benzene rings is 2. The minimum Gasteiger partial charge on any atom is -0.497 e. The second-order valence-electron chi connectivity index (χ2n) is 6.19. The van der Waals surface area contributed by atoms with Crippen molar-refractivity contribution in [2.45, 2.75) is 18.6 Å². The van der Waals surface area contributed by atoms with Crippen LogP contribution in [-0.4, -0.2) is 32.1 Å². The Bertz CT molecular complexity index is 846. The van der Waals surface area contributed by atoms with Crippen molar-refractivity contribution < 1.29 is 19.1 Å². The van der Waals surface area contributed by atoms with Crippen LogP contribution in [0.1, 0.15) is 22.9 Å². The number of nitrogens with one attached hydrogen (secondary N) is 2. The first-order chi connectivity index (χ1) is 13.1. The molecule has 0 radical (unpaired) electrons. The quantitative estimate of drug-likeness (QED) is 0.627. The van der Waals surface area contributed by atoms with Crippen LogP contribution in [0.25, 0.3) is 6.08 Å². The lowest BCUT2D eigenvalue weighted by Gasteiger charge is -2.32. The topological polar surface area (TPSA) is 76.7 Å². The summed E-state index contributed by atoms with van der Waals surface area (Å²) < 4.78 is 9.96. The van der Waals surface area contributed by atoms with Gasteiger partial charge in [-0.25, -0.2) is 0 Å². The van der Waals surface area contributed by atoms with Crippen LogP contribution in [0, 0.1) is 0 Å². The number of methoxy groups -OCH3 is 2. The second kappa shape index (κ2) is 8.51. The van der Waals surface area contributed by atoms with Crippen molar-refractivity contribution in [1.82, 2.24) is 10.6 Å². The number of esters is 1. The molecule has 1 heterocycles. The SMILES string of the molecule is COC(=O)C1Cc2ccccc2C(NC(=O)C=Cc2ccc(OC)cc2)N1. The van der Waals surface area contributed by atoms with E-state index in [4.69, 9.17) is 9.47 Å². The zero-order valence-corrected chi connectivity index (χ0v) is 15.3. The first kappa shape index (κ1) is 18.7. The summed E-state index contributed by atoms with van der Waals surface area (Å²) in [6.45, 7) is 0. The van der Waals surface area contributed by atoms with Gasteiger partial charge in [0.25, 0.3) is 0 Å². The minimum atomic E-state index is -0.499. The Labute approximate surface area is 158 Å². The second-order valence-corrected chi connectivity index (χ2v) is 6.19. The largest absolute Gasteiger partial charge is 0.497 e. The van der Waals surface area contributed by atoms with Crippen molar-refractivity contribution in [3.8, 4) is 5.75 Å². The molecule has 0 aromatic heterocycles. The number of ether oxygens (including phenoxy) is 2. The van der Waals surface area contributed by atoms with Gasteiger partial charge in [0, 0.05) is 6.08 Å². The van der Waals surface area contributed by atoms with E-state index in [1.807, 2.05) is 48.5 Å². The Kier molecular flexibility index (Phi) is 5.88. The van der Waals surface area contributed by atoms with Gasteiger partial charge in [0.15, 0.2) is 0 Å². The van der Waals surface area contributed by atoms with E-state index in [-0.39, 0.29) is 11.9 Å². The average Bonchev–Trinajstić information content (AvgIpc) is 2.72. The van der Waals surface area contributed by atoms with Crippen molar-refractivity contribution in [1.29, 1.82) is 0 Å². The lowest BCUT2D eigenvalue weighted by atomic mass is 9.93. The van der Waals surface area contributed by atoms with Crippen LogP contribution in [0.5, 0.6) is 5.75 Å². The molecule has 0 fully saturated rings. The fraction of sp³-hybridized carbons (Fsp3) is 0.238. The molecule has 3 rings (SSSR count). The van der Waals surface area contributed by atoms with Gasteiger partial charge in [-0.2, -0.15) is 0 Å². The van der Waals surface area contributed by atoms with Crippen molar-refractivity contribution in [2.75, 3.05) is 14.2 Å². The minimum absolute atomic E-state index is 0.261. The van der Waals surface area contributed by atoms with Crippen LogP contribution in [0.3, 0.4) is 0 Å². The Morgan fingerprint density at radius 3 is 2.56 bits per heavy atom. The highest BCUT2D eigenvalue weighted by atomic mass is 16.5. The summed E-state index contributed by atoms with van der Waals surface area (Å²) in [7, 11) is 2.96. The van der Waals surface area contributed by atoms with E-state index >= 15 is 0 Å². The standard InChI is InChI=1S/C21H22N2O4/c1-26-16-10-7-14(8-11-16)9-12-19(24)23-20-17-6-4-3-5-15(17)13-18(22-20)21(25)27-2/h3-12,18,20,22H,13H2,1-2H3,(H,23,24). The number of amides is 1. The molecule has 1 amide bonds. The molecule has 2 unspecified atom stereocenters. The van der Waals surface area contributed by atoms with Gasteiger partial charge in [-0.05, 0) is 41.3 Å². The summed E-state index contributed by atoms with van der Waals surface area (Å²) in [6.07, 6.45) is 3.25. The number of fused-ring (bicyclic) bond motifs is 1.